The molecule has 1 N–H and O–H groups in total. The molecule has 6 nitrogen and oxygen atoms in total. The summed E-state index contributed by atoms with van der Waals surface area (Å²) >= 11 is 0. The maximum absolute atomic E-state index is 12.2. The SMILES string of the molecule is C=CCn1c(=O)[nH]c2oc(=O)cc(CC)c2c1=O. The van der Waals surface area contributed by atoms with Crippen LogP contribution in [0.2, 0.25) is 0 Å². The second kappa shape index (κ2) is 4.48. The van der Waals surface area contributed by atoms with E-state index in [1.165, 1.54) is 12.1 Å². The molecule has 0 aliphatic carbocycles. The molecule has 94 valence electrons. The standard InChI is InChI=1S/C12H12N2O4/c1-3-5-14-11(16)9-7(4-2)6-8(15)18-10(9)13-12(14)17/h3,6H,1,4-5H2,2H3,(H,13,17). The highest BCUT2D eigenvalue weighted by atomic mass is 16.4. The minimum atomic E-state index is -0.621. The summed E-state index contributed by atoms with van der Waals surface area (Å²) in [7, 11) is 0. The number of allylic oxidation sites excluding steroid dienone is 1. The van der Waals surface area contributed by atoms with E-state index >= 15 is 0 Å². The molecule has 0 saturated heterocycles. The van der Waals surface area contributed by atoms with Gasteiger partial charge in [-0.3, -0.25) is 14.3 Å². The van der Waals surface area contributed by atoms with Gasteiger partial charge in [-0.15, -0.1) is 6.58 Å². The van der Waals surface area contributed by atoms with Crippen molar-refractivity contribution in [3.63, 3.8) is 0 Å². The molecule has 0 fully saturated rings. The van der Waals surface area contributed by atoms with Crippen LogP contribution in [0.25, 0.3) is 11.1 Å². The number of rotatable bonds is 3. The number of hydrogen-bond donors (Lipinski definition) is 1. The Balaban J connectivity index is 3.01. The van der Waals surface area contributed by atoms with Crippen molar-refractivity contribution in [3.05, 3.63) is 55.5 Å². The third kappa shape index (κ3) is 1.81. The lowest BCUT2D eigenvalue weighted by atomic mass is 10.1. The highest BCUT2D eigenvalue weighted by molar-refractivity contribution is 5.75. The summed E-state index contributed by atoms with van der Waals surface area (Å²) in [5.41, 5.74) is -1.20. The summed E-state index contributed by atoms with van der Waals surface area (Å²) in [6, 6.07) is 1.26. The minimum absolute atomic E-state index is 0.0744. The molecule has 0 aliphatic heterocycles. The molecular weight excluding hydrogens is 236 g/mol. The maximum Gasteiger partial charge on any atom is 0.337 e. The Morgan fingerprint density at radius 2 is 2.17 bits per heavy atom. The van der Waals surface area contributed by atoms with Crippen molar-refractivity contribution >= 4 is 11.1 Å². The molecule has 2 aromatic rings. The first-order valence-corrected chi connectivity index (χ1v) is 5.49. The lowest BCUT2D eigenvalue weighted by Gasteiger charge is -2.05. The zero-order valence-corrected chi connectivity index (χ0v) is 9.86. The third-order valence-corrected chi connectivity index (χ3v) is 2.66. The van der Waals surface area contributed by atoms with E-state index in [9.17, 15) is 14.4 Å². The number of nitrogens with one attached hydrogen (secondary N) is 1. The molecule has 6 heteroatoms. The van der Waals surface area contributed by atoms with Crippen molar-refractivity contribution in [3.8, 4) is 0 Å². The lowest BCUT2D eigenvalue weighted by molar-refractivity contribution is 0.539. The first kappa shape index (κ1) is 12.1. The topological polar surface area (TPSA) is 85.1 Å². The average molecular weight is 248 g/mol. The van der Waals surface area contributed by atoms with Gasteiger partial charge in [-0.25, -0.2) is 9.59 Å². The second-order valence-corrected chi connectivity index (χ2v) is 3.78. The molecular formula is C12H12N2O4. The van der Waals surface area contributed by atoms with Crippen LogP contribution in [0.3, 0.4) is 0 Å². The molecule has 2 aromatic heterocycles. The molecule has 0 amide bonds. The molecule has 0 saturated carbocycles. The number of aromatic nitrogens is 2. The summed E-state index contributed by atoms with van der Waals surface area (Å²) < 4.78 is 5.86. The van der Waals surface area contributed by atoms with Crippen LogP contribution in [0.4, 0.5) is 0 Å². The van der Waals surface area contributed by atoms with Gasteiger partial charge in [0, 0.05) is 12.6 Å². The molecule has 0 unspecified atom stereocenters. The Bertz CT molecular complexity index is 779. The predicted molar refractivity (Wildman–Crippen MR) is 66.9 cm³/mol. The zero-order chi connectivity index (χ0) is 13.3. The molecule has 18 heavy (non-hydrogen) atoms. The number of aryl methyl sites for hydroxylation is 1. The van der Waals surface area contributed by atoms with Gasteiger partial charge in [0.2, 0.25) is 5.71 Å². The number of H-pyrrole nitrogens is 1. The second-order valence-electron chi connectivity index (χ2n) is 3.78. The van der Waals surface area contributed by atoms with E-state index in [1.807, 2.05) is 6.92 Å². The van der Waals surface area contributed by atoms with E-state index in [2.05, 4.69) is 11.6 Å². The summed E-state index contributed by atoms with van der Waals surface area (Å²) in [4.78, 5) is 37.5. The zero-order valence-electron chi connectivity index (χ0n) is 9.86. The normalized spacial score (nSPS) is 10.7. The van der Waals surface area contributed by atoms with E-state index in [0.29, 0.717) is 12.0 Å². The van der Waals surface area contributed by atoms with E-state index < -0.39 is 16.9 Å². The molecule has 0 atom stereocenters. The van der Waals surface area contributed by atoms with Crippen LogP contribution in [0.1, 0.15) is 12.5 Å². The van der Waals surface area contributed by atoms with Gasteiger partial charge in [0.05, 0.1) is 0 Å². The van der Waals surface area contributed by atoms with E-state index in [1.54, 1.807) is 0 Å². The van der Waals surface area contributed by atoms with Crippen LogP contribution < -0.4 is 16.9 Å². The van der Waals surface area contributed by atoms with Gasteiger partial charge in [0.15, 0.2) is 0 Å². The Morgan fingerprint density at radius 1 is 1.44 bits per heavy atom. The van der Waals surface area contributed by atoms with Gasteiger partial charge in [0.1, 0.15) is 5.39 Å². The summed E-state index contributed by atoms with van der Waals surface area (Å²) in [5.74, 6) is 0. The first-order chi connectivity index (χ1) is 8.58. The fourth-order valence-corrected chi connectivity index (χ4v) is 1.83. The van der Waals surface area contributed by atoms with E-state index in [0.717, 1.165) is 4.57 Å². The van der Waals surface area contributed by atoms with Gasteiger partial charge >= 0.3 is 11.3 Å². The van der Waals surface area contributed by atoms with Crippen molar-refractivity contribution in [2.24, 2.45) is 0 Å². The minimum Gasteiger partial charge on any atom is -0.405 e. The Kier molecular flexibility index (Phi) is 3.01. The average Bonchev–Trinajstić information content (AvgIpc) is 2.32. The molecule has 0 spiro atoms. The Hall–Kier alpha value is -2.37. The summed E-state index contributed by atoms with van der Waals surface area (Å²) in [6.07, 6.45) is 1.95. The predicted octanol–water partition coefficient (Wildman–Crippen LogP) is 0.391. The Morgan fingerprint density at radius 3 is 2.78 bits per heavy atom. The van der Waals surface area contributed by atoms with Crippen LogP contribution in [0.5, 0.6) is 0 Å². The van der Waals surface area contributed by atoms with Gasteiger partial charge in [-0.05, 0) is 12.0 Å². The molecule has 0 bridgehead atoms. The Labute approximate surface area is 101 Å². The van der Waals surface area contributed by atoms with Crippen molar-refractivity contribution in [1.29, 1.82) is 0 Å². The summed E-state index contributed by atoms with van der Waals surface area (Å²) in [6.45, 7) is 5.41. The monoisotopic (exact) mass is 248 g/mol. The number of nitrogens with zero attached hydrogens (tertiary/aromatic N) is 1. The number of hydrogen-bond acceptors (Lipinski definition) is 4. The quantitative estimate of drug-likeness (QED) is 0.796. The van der Waals surface area contributed by atoms with Crippen LogP contribution >= 0.6 is 0 Å². The fraction of sp³-hybridized carbons (Fsp3) is 0.250. The van der Waals surface area contributed by atoms with E-state index in [4.69, 9.17) is 4.42 Å². The highest BCUT2D eigenvalue weighted by Gasteiger charge is 2.12. The molecule has 0 aromatic carbocycles. The lowest BCUT2D eigenvalue weighted by Crippen LogP contribution is -2.35. The van der Waals surface area contributed by atoms with Crippen LogP contribution in [0.15, 0.2) is 37.5 Å². The highest BCUT2D eigenvalue weighted by Crippen LogP contribution is 2.09. The van der Waals surface area contributed by atoms with Gasteiger partial charge in [-0.1, -0.05) is 13.0 Å². The van der Waals surface area contributed by atoms with Crippen molar-refractivity contribution in [2.45, 2.75) is 19.9 Å². The fourth-order valence-electron chi connectivity index (χ4n) is 1.83. The van der Waals surface area contributed by atoms with Crippen molar-refractivity contribution in [1.82, 2.24) is 9.55 Å². The van der Waals surface area contributed by atoms with Gasteiger partial charge in [-0.2, -0.15) is 0 Å². The summed E-state index contributed by atoms with van der Waals surface area (Å²) in [5, 5.41) is 0.235. The van der Waals surface area contributed by atoms with Crippen LogP contribution in [-0.2, 0) is 13.0 Å². The van der Waals surface area contributed by atoms with Crippen LogP contribution in [-0.4, -0.2) is 9.55 Å². The van der Waals surface area contributed by atoms with E-state index in [-0.39, 0.29) is 17.6 Å². The molecule has 2 heterocycles. The molecule has 2 rings (SSSR count). The third-order valence-electron chi connectivity index (χ3n) is 2.66. The number of aromatic amines is 1. The van der Waals surface area contributed by atoms with Gasteiger partial charge < -0.3 is 4.42 Å². The van der Waals surface area contributed by atoms with Crippen molar-refractivity contribution < 1.29 is 4.42 Å². The smallest absolute Gasteiger partial charge is 0.337 e. The van der Waals surface area contributed by atoms with Crippen LogP contribution in [0, 0.1) is 0 Å². The van der Waals surface area contributed by atoms with Gasteiger partial charge in [0.25, 0.3) is 5.56 Å². The molecule has 0 aliphatic rings. The maximum atomic E-state index is 12.2. The van der Waals surface area contributed by atoms with Crippen molar-refractivity contribution in [2.75, 3.05) is 0 Å². The largest absolute Gasteiger partial charge is 0.405 e. The molecule has 0 radical (unpaired) electrons. The number of fused-ring (bicyclic) bond motifs is 1. The first-order valence-electron chi connectivity index (χ1n) is 5.49.